The van der Waals surface area contributed by atoms with Crippen LogP contribution in [-0.2, 0) is 10.4 Å². The number of hydrogen-bond donors (Lipinski definition) is 1. The minimum absolute atomic E-state index is 0.0162. The van der Waals surface area contributed by atoms with Crippen molar-refractivity contribution in [2.75, 3.05) is 38.2 Å². The van der Waals surface area contributed by atoms with Gasteiger partial charge in [-0.2, -0.15) is 0 Å². The Balaban J connectivity index is 1.41. The van der Waals surface area contributed by atoms with Crippen LogP contribution in [0.4, 0.5) is 14.5 Å². The molecule has 2 aromatic heterocycles. The van der Waals surface area contributed by atoms with E-state index in [1.165, 1.54) is 18.2 Å². The van der Waals surface area contributed by atoms with Crippen molar-refractivity contribution < 1.29 is 23.4 Å². The summed E-state index contributed by atoms with van der Waals surface area (Å²) in [6.45, 7) is 5.48. The smallest absolute Gasteiger partial charge is 0.228 e. The molecule has 2 saturated heterocycles. The van der Waals surface area contributed by atoms with Gasteiger partial charge in [-0.05, 0) is 23.3 Å². The lowest BCUT2D eigenvalue weighted by molar-refractivity contribution is -0.152. The van der Waals surface area contributed by atoms with Crippen LogP contribution < -0.4 is 9.64 Å². The van der Waals surface area contributed by atoms with E-state index in [-0.39, 0.29) is 29.5 Å². The summed E-state index contributed by atoms with van der Waals surface area (Å²) in [6, 6.07) is 11.1. The Morgan fingerprint density at radius 3 is 2.29 bits per heavy atom. The number of hydrogen-bond acceptors (Lipinski definition) is 6. The molecule has 5 rings (SSSR count). The fourth-order valence-electron chi connectivity index (χ4n) is 6.11. The highest BCUT2D eigenvalue weighted by Crippen LogP contribution is 2.43. The molecule has 0 radical (unpaired) electrons. The molecule has 0 spiro atoms. The Morgan fingerprint density at radius 1 is 0.974 bits per heavy atom. The molecule has 1 aromatic carbocycles. The number of methoxy groups -OCH3 is 1. The van der Waals surface area contributed by atoms with Crippen molar-refractivity contribution in [2.24, 2.45) is 17.8 Å². The lowest BCUT2D eigenvalue weighted by atomic mass is 9.70. The number of aliphatic hydroxyl groups is 1. The van der Waals surface area contributed by atoms with E-state index in [0.717, 1.165) is 11.8 Å². The van der Waals surface area contributed by atoms with Gasteiger partial charge in [0.1, 0.15) is 11.6 Å². The van der Waals surface area contributed by atoms with Crippen LogP contribution in [0.15, 0.2) is 61.1 Å². The van der Waals surface area contributed by atoms with Crippen molar-refractivity contribution >= 4 is 11.6 Å². The second kappa shape index (κ2) is 10.3. The number of carbonyl (C=O) groups is 1. The zero-order chi connectivity index (χ0) is 27.0. The normalized spacial score (nSPS) is 27.4. The molecule has 0 bridgehead atoms. The van der Waals surface area contributed by atoms with E-state index in [0.29, 0.717) is 43.3 Å². The molecule has 0 unspecified atom stereocenters. The highest BCUT2D eigenvalue weighted by molar-refractivity contribution is 5.82. The minimum Gasteiger partial charge on any atom is -0.481 e. The number of amides is 1. The van der Waals surface area contributed by atoms with Crippen LogP contribution in [0.25, 0.3) is 0 Å². The molecule has 2 aliphatic heterocycles. The van der Waals surface area contributed by atoms with Crippen LogP contribution in [0.3, 0.4) is 0 Å². The van der Waals surface area contributed by atoms with Gasteiger partial charge in [0.25, 0.3) is 0 Å². The third kappa shape index (κ3) is 4.71. The third-order valence-electron chi connectivity index (χ3n) is 8.20. The Labute approximate surface area is 221 Å². The molecule has 5 atom stereocenters. The maximum absolute atomic E-state index is 14.1. The molecule has 200 valence electrons. The number of nitrogens with zero attached hydrogens (tertiary/aromatic N) is 4. The standard InChI is InChI=1S/C29H32F2N4O3/c1-18-14-35(15-19(2)29(18,37)21-5-7-22(30)8-6-21)28(36)26-17-34(24-10-23(31)12-32-13-24)16-25(26)20-4-9-27(38-3)33-11-20/h4-13,18-19,25-26,37H,14-17H2,1-3H3/t18-,19+,25-,26+,29+/m0/s1. The summed E-state index contributed by atoms with van der Waals surface area (Å²) in [5.41, 5.74) is 0.993. The third-order valence-corrected chi connectivity index (χ3v) is 8.20. The fourth-order valence-corrected chi connectivity index (χ4v) is 6.11. The van der Waals surface area contributed by atoms with E-state index < -0.39 is 17.3 Å². The predicted octanol–water partition coefficient (Wildman–Crippen LogP) is 3.99. The number of carbonyl (C=O) groups excluding carboxylic acids is 1. The minimum atomic E-state index is -1.18. The number of likely N-dealkylation sites (tertiary alicyclic amines) is 1. The summed E-state index contributed by atoms with van der Waals surface area (Å²) >= 11 is 0. The van der Waals surface area contributed by atoms with Gasteiger partial charge >= 0.3 is 0 Å². The summed E-state index contributed by atoms with van der Waals surface area (Å²) < 4.78 is 32.7. The molecule has 2 fully saturated rings. The maximum Gasteiger partial charge on any atom is 0.228 e. The number of halogens is 2. The highest BCUT2D eigenvalue weighted by atomic mass is 19.1. The number of aromatic nitrogens is 2. The summed E-state index contributed by atoms with van der Waals surface area (Å²) in [4.78, 5) is 26.2. The molecule has 2 aliphatic rings. The maximum atomic E-state index is 14.1. The molecule has 9 heteroatoms. The number of ether oxygens (including phenoxy) is 1. The van der Waals surface area contributed by atoms with E-state index >= 15 is 0 Å². The topological polar surface area (TPSA) is 78.8 Å². The average molecular weight is 523 g/mol. The first-order chi connectivity index (χ1) is 18.2. The second-order valence-corrected chi connectivity index (χ2v) is 10.5. The van der Waals surface area contributed by atoms with Crippen molar-refractivity contribution in [2.45, 2.75) is 25.4 Å². The van der Waals surface area contributed by atoms with Gasteiger partial charge in [-0.3, -0.25) is 9.78 Å². The van der Waals surface area contributed by atoms with Gasteiger partial charge in [-0.15, -0.1) is 0 Å². The van der Waals surface area contributed by atoms with E-state index in [2.05, 4.69) is 9.97 Å². The number of pyridine rings is 2. The van der Waals surface area contributed by atoms with Crippen molar-refractivity contribution in [3.63, 3.8) is 0 Å². The van der Waals surface area contributed by atoms with Gasteiger partial charge < -0.3 is 19.6 Å². The first-order valence-corrected chi connectivity index (χ1v) is 12.8. The van der Waals surface area contributed by atoms with E-state index in [1.54, 1.807) is 37.7 Å². The zero-order valence-electron chi connectivity index (χ0n) is 21.7. The lowest BCUT2D eigenvalue weighted by Crippen LogP contribution is -2.57. The molecule has 1 amide bonds. The second-order valence-electron chi connectivity index (χ2n) is 10.5. The van der Waals surface area contributed by atoms with Gasteiger partial charge in [0.05, 0.1) is 36.7 Å². The molecule has 0 aliphatic carbocycles. The molecular weight excluding hydrogens is 490 g/mol. The van der Waals surface area contributed by atoms with Crippen molar-refractivity contribution in [3.8, 4) is 5.88 Å². The molecule has 3 aromatic rings. The molecule has 0 saturated carbocycles. The van der Waals surface area contributed by atoms with Crippen LogP contribution >= 0.6 is 0 Å². The average Bonchev–Trinajstić information content (AvgIpc) is 3.37. The molecule has 7 nitrogen and oxygen atoms in total. The first kappa shape index (κ1) is 26.0. The van der Waals surface area contributed by atoms with Crippen LogP contribution in [0.2, 0.25) is 0 Å². The van der Waals surface area contributed by atoms with Gasteiger partial charge in [-0.1, -0.05) is 32.0 Å². The van der Waals surface area contributed by atoms with Crippen LogP contribution in [-0.4, -0.2) is 59.2 Å². The number of benzene rings is 1. The Hall–Kier alpha value is -3.59. The summed E-state index contributed by atoms with van der Waals surface area (Å²) in [5.74, 6) is -1.43. The summed E-state index contributed by atoms with van der Waals surface area (Å²) in [6.07, 6.45) is 4.49. The van der Waals surface area contributed by atoms with Crippen molar-refractivity contribution in [1.29, 1.82) is 0 Å². The highest BCUT2D eigenvalue weighted by Gasteiger charge is 2.49. The van der Waals surface area contributed by atoms with Gasteiger partial charge in [-0.25, -0.2) is 13.8 Å². The van der Waals surface area contributed by atoms with E-state index in [9.17, 15) is 18.7 Å². The van der Waals surface area contributed by atoms with Crippen molar-refractivity contribution in [3.05, 3.63) is 83.8 Å². The molecule has 38 heavy (non-hydrogen) atoms. The zero-order valence-corrected chi connectivity index (χ0v) is 21.7. The molecular formula is C29H32F2N4O3. The van der Waals surface area contributed by atoms with Crippen molar-refractivity contribution in [1.82, 2.24) is 14.9 Å². The largest absolute Gasteiger partial charge is 0.481 e. The fraction of sp³-hybridized carbons (Fsp3) is 0.414. The Bertz CT molecular complexity index is 1280. The van der Waals surface area contributed by atoms with Crippen LogP contribution in [0.1, 0.15) is 30.9 Å². The number of piperidine rings is 1. The van der Waals surface area contributed by atoms with Gasteiger partial charge in [0.2, 0.25) is 11.8 Å². The van der Waals surface area contributed by atoms with Crippen LogP contribution in [0, 0.1) is 29.4 Å². The number of anilines is 1. The Morgan fingerprint density at radius 2 is 1.68 bits per heavy atom. The SMILES string of the molecule is COc1ccc([C@@H]2CN(c3cncc(F)c3)C[C@H]2C(=O)N2C[C@@H](C)[C@@](O)(c3ccc(F)cc3)[C@@H](C)C2)cn1. The quantitative estimate of drug-likeness (QED) is 0.546. The van der Waals surface area contributed by atoms with E-state index in [1.807, 2.05) is 29.7 Å². The molecule has 1 N–H and O–H groups in total. The molecule has 4 heterocycles. The number of rotatable bonds is 5. The predicted molar refractivity (Wildman–Crippen MR) is 139 cm³/mol. The van der Waals surface area contributed by atoms with Gasteiger partial charge in [0, 0.05) is 62.3 Å². The van der Waals surface area contributed by atoms with E-state index in [4.69, 9.17) is 4.74 Å². The monoisotopic (exact) mass is 522 g/mol. The van der Waals surface area contributed by atoms with Gasteiger partial charge in [0.15, 0.2) is 0 Å². The summed E-state index contributed by atoms with van der Waals surface area (Å²) in [7, 11) is 1.55. The Kier molecular flexibility index (Phi) is 7.05. The first-order valence-electron chi connectivity index (χ1n) is 12.8. The lowest BCUT2D eigenvalue weighted by Gasteiger charge is -2.48. The summed E-state index contributed by atoms with van der Waals surface area (Å²) in [5, 5.41) is 11.7. The van der Waals surface area contributed by atoms with Crippen LogP contribution in [0.5, 0.6) is 5.88 Å².